The van der Waals surface area contributed by atoms with Gasteiger partial charge in [0.25, 0.3) is 5.91 Å². The lowest BCUT2D eigenvalue weighted by molar-refractivity contribution is 0.0955. The highest BCUT2D eigenvalue weighted by Crippen LogP contribution is 2.29. The average Bonchev–Trinajstić information content (AvgIpc) is 2.48. The highest BCUT2D eigenvalue weighted by Gasteiger charge is 2.28. The largest absolute Gasteiger partial charge is 0.307 e. The van der Waals surface area contributed by atoms with Crippen LogP contribution in [0, 0.1) is 0 Å². The minimum absolute atomic E-state index is 0.0857. The first-order valence-corrected chi connectivity index (χ1v) is 7.16. The molecule has 0 unspecified atom stereocenters. The van der Waals surface area contributed by atoms with E-state index in [2.05, 4.69) is 15.9 Å². The Balaban J connectivity index is 2.04. The number of amides is 1. The Morgan fingerprint density at radius 3 is 2.55 bits per heavy atom. The van der Waals surface area contributed by atoms with Crippen LogP contribution in [0.3, 0.4) is 0 Å². The van der Waals surface area contributed by atoms with Crippen LogP contribution in [-0.2, 0) is 0 Å². The summed E-state index contributed by atoms with van der Waals surface area (Å²) in [4.78, 5) is 26.3. The maximum atomic E-state index is 12.7. The van der Waals surface area contributed by atoms with Crippen molar-refractivity contribution in [3.8, 4) is 0 Å². The molecule has 0 bridgehead atoms. The molecule has 0 saturated carbocycles. The number of hydrogen-bond acceptors (Lipinski definition) is 2. The van der Waals surface area contributed by atoms with Crippen LogP contribution in [0.4, 0.5) is 5.69 Å². The Morgan fingerprint density at radius 2 is 1.75 bits per heavy atom. The van der Waals surface area contributed by atoms with Gasteiger partial charge in [0.1, 0.15) is 0 Å². The van der Waals surface area contributed by atoms with Gasteiger partial charge in [-0.15, -0.1) is 0 Å². The van der Waals surface area contributed by atoms with Crippen LogP contribution in [-0.4, -0.2) is 18.2 Å². The van der Waals surface area contributed by atoms with Crippen LogP contribution in [0.25, 0.3) is 0 Å². The van der Waals surface area contributed by atoms with E-state index in [0.717, 1.165) is 4.47 Å². The Hall–Kier alpha value is -1.94. The van der Waals surface area contributed by atoms with Crippen LogP contribution in [0.2, 0.25) is 0 Å². The third kappa shape index (κ3) is 2.16. The molecule has 0 aliphatic carbocycles. The normalized spacial score (nSPS) is 14.1. The van der Waals surface area contributed by atoms with Crippen LogP contribution < -0.4 is 4.90 Å². The van der Waals surface area contributed by atoms with Crippen molar-refractivity contribution in [3.63, 3.8) is 0 Å². The number of hydrogen-bond donors (Lipinski definition) is 0. The van der Waals surface area contributed by atoms with E-state index in [-0.39, 0.29) is 11.7 Å². The Bertz CT molecular complexity index is 696. The number of halogens is 1. The molecule has 100 valence electrons. The highest BCUT2D eigenvalue weighted by atomic mass is 79.9. The predicted octanol–water partition coefficient (Wildman–Crippen LogP) is 3.68. The van der Waals surface area contributed by atoms with Crippen molar-refractivity contribution in [2.24, 2.45) is 0 Å². The second-order valence-electron chi connectivity index (χ2n) is 4.63. The minimum Gasteiger partial charge on any atom is -0.307 e. The highest BCUT2D eigenvalue weighted by molar-refractivity contribution is 9.10. The standard InChI is InChI=1S/C16H12BrNO2/c17-13-7-3-1-5-11(13)16(20)18-10-9-15(19)12-6-2-4-8-14(12)18/h1-8H,9-10H2. The van der Waals surface area contributed by atoms with Gasteiger partial charge in [-0.1, -0.05) is 24.3 Å². The number of para-hydroxylation sites is 1. The molecule has 20 heavy (non-hydrogen) atoms. The van der Waals surface area contributed by atoms with E-state index in [1.807, 2.05) is 36.4 Å². The lowest BCUT2D eigenvalue weighted by atomic mass is 9.99. The number of anilines is 1. The van der Waals surface area contributed by atoms with Crippen molar-refractivity contribution < 1.29 is 9.59 Å². The second kappa shape index (κ2) is 5.21. The molecule has 1 amide bonds. The Labute approximate surface area is 125 Å². The number of carbonyl (C=O) groups is 2. The molecule has 1 aliphatic heterocycles. The average molecular weight is 330 g/mol. The van der Waals surface area contributed by atoms with E-state index in [1.54, 1.807) is 17.0 Å². The van der Waals surface area contributed by atoms with Crippen molar-refractivity contribution in [2.45, 2.75) is 6.42 Å². The zero-order valence-electron chi connectivity index (χ0n) is 10.7. The predicted molar refractivity (Wildman–Crippen MR) is 81.2 cm³/mol. The smallest absolute Gasteiger partial charge is 0.259 e. The van der Waals surface area contributed by atoms with E-state index in [9.17, 15) is 9.59 Å². The fraction of sp³-hybridized carbons (Fsp3) is 0.125. The van der Waals surface area contributed by atoms with Gasteiger partial charge < -0.3 is 4.90 Å². The van der Waals surface area contributed by atoms with E-state index >= 15 is 0 Å². The quantitative estimate of drug-likeness (QED) is 0.800. The van der Waals surface area contributed by atoms with Crippen molar-refractivity contribution in [3.05, 3.63) is 64.1 Å². The molecule has 3 rings (SSSR count). The third-order valence-corrected chi connectivity index (χ3v) is 4.10. The van der Waals surface area contributed by atoms with Crippen LogP contribution in [0.15, 0.2) is 53.0 Å². The third-order valence-electron chi connectivity index (χ3n) is 3.41. The van der Waals surface area contributed by atoms with E-state index < -0.39 is 0 Å². The Morgan fingerprint density at radius 1 is 1.05 bits per heavy atom. The summed E-state index contributed by atoms with van der Waals surface area (Å²) < 4.78 is 0.763. The van der Waals surface area contributed by atoms with Crippen LogP contribution >= 0.6 is 15.9 Å². The fourth-order valence-electron chi connectivity index (χ4n) is 2.40. The van der Waals surface area contributed by atoms with Crippen LogP contribution in [0.5, 0.6) is 0 Å². The molecule has 0 atom stereocenters. The maximum Gasteiger partial charge on any atom is 0.259 e. The van der Waals surface area contributed by atoms with Gasteiger partial charge in [-0.3, -0.25) is 9.59 Å². The number of ketones is 1. The van der Waals surface area contributed by atoms with E-state index in [1.165, 1.54) is 0 Å². The first kappa shape index (κ1) is 13.1. The summed E-state index contributed by atoms with van der Waals surface area (Å²) in [6.07, 6.45) is 0.368. The summed E-state index contributed by atoms with van der Waals surface area (Å²) in [5.74, 6) is 0.00852. The monoisotopic (exact) mass is 329 g/mol. The molecule has 0 radical (unpaired) electrons. The molecule has 1 aliphatic rings. The fourth-order valence-corrected chi connectivity index (χ4v) is 2.86. The molecule has 0 spiro atoms. The molecule has 2 aromatic carbocycles. The first-order chi connectivity index (χ1) is 9.68. The minimum atomic E-state index is -0.0857. The summed E-state index contributed by atoms with van der Waals surface area (Å²) >= 11 is 3.40. The summed E-state index contributed by atoms with van der Waals surface area (Å²) in [6, 6.07) is 14.6. The summed E-state index contributed by atoms with van der Waals surface area (Å²) in [7, 11) is 0. The number of benzene rings is 2. The molecule has 0 fully saturated rings. The topological polar surface area (TPSA) is 37.4 Å². The molecule has 0 saturated heterocycles. The lowest BCUT2D eigenvalue weighted by Gasteiger charge is -2.29. The Kier molecular flexibility index (Phi) is 3.40. The van der Waals surface area contributed by atoms with Gasteiger partial charge >= 0.3 is 0 Å². The summed E-state index contributed by atoms with van der Waals surface area (Å²) in [5, 5.41) is 0. The summed E-state index contributed by atoms with van der Waals surface area (Å²) in [6.45, 7) is 0.427. The van der Waals surface area contributed by atoms with Crippen molar-refractivity contribution in [1.82, 2.24) is 0 Å². The molecule has 0 aromatic heterocycles. The van der Waals surface area contributed by atoms with Gasteiger partial charge in [0.05, 0.1) is 11.3 Å². The summed E-state index contributed by atoms with van der Waals surface area (Å²) in [5.41, 5.74) is 1.93. The molecular weight excluding hydrogens is 318 g/mol. The molecular formula is C16H12BrNO2. The number of Topliss-reactive ketones (excluding diaryl/α,β-unsaturated/α-hetero) is 1. The molecule has 2 aromatic rings. The van der Waals surface area contributed by atoms with Gasteiger partial charge in [-0.05, 0) is 40.2 Å². The molecule has 0 N–H and O–H groups in total. The van der Waals surface area contributed by atoms with E-state index in [0.29, 0.717) is 29.8 Å². The lowest BCUT2D eigenvalue weighted by Crippen LogP contribution is -2.37. The maximum absolute atomic E-state index is 12.7. The first-order valence-electron chi connectivity index (χ1n) is 6.37. The number of fused-ring (bicyclic) bond motifs is 1. The number of nitrogens with zero attached hydrogens (tertiary/aromatic N) is 1. The van der Waals surface area contributed by atoms with Crippen molar-refractivity contribution in [2.75, 3.05) is 11.4 Å². The van der Waals surface area contributed by atoms with Gasteiger partial charge in [-0.25, -0.2) is 0 Å². The molecule has 1 heterocycles. The molecule has 3 nitrogen and oxygen atoms in total. The van der Waals surface area contributed by atoms with Gasteiger partial charge in [0, 0.05) is 23.0 Å². The second-order valence-corrected chi connectivity index (χ2v) is 5.48. The number of carbonyl (C=O) groups excluding carboxylic acids is 2. The SMILES string of the molecule is O=C1CCN(C(=O)c2ccccc2Br)c2ccccc21. The zero-order chi connectivity index (χ0) is 14.1. The van der Waals surface area contributed by atoms with Crippen molar-refractivity contribution in [1.29, 1.82) is 0 Å². The zero-order valence-corrected chi connectivity index (χ0v) is 12.3. The van der Waals surface area contributed by atoms with Gasteiger partial charge in [0.15, 0.2) is 5.78 Å². The number of rotatable bonds is 1. The van der Waals surface area contributed by atoms with Gasteiger partial charge in [0.2, 0.25) is 0 Å². The molecule has 4 heteroatoms. The van der Waals surface area contributed by atoms with Gasteiger partial charge in [-0.2, -0.15) is 0 Å². The van der Waals surface area contributed by atoms with E-state index in [4.69, 9.17) is 0 Å². The van der Waals surface area contributed by atoms with Crippen LogP contribution in [0.1, 0.15) is 27.1 Å². The van der Waals surface area contributed by atoms with Crippen molar-refractivity contribution >= 4 is 33.3 Å².